The smallest absolute Gasteiger partial charge is 0.0728 e. The molecule has 1 aliphatic rings. The van der Waals surface area contributed by atoms with Gasteiger partial charge in [0.1, 0.15) is 0 Å². The lowest BCUT2D eigenvalue weighted by Crippen LogP contribution is -2.25. The molecule has 4 heteroatoms. The summed E-state index contributed by atoms with van der Waals surface area (Å²) < 4.78 is 1.83. The fourth-order valence-electron chi connectivity index (χ4n) is 2.67. The highest BCUT2D eigenvalue weighted by Crippen LogP contribution is 2.17. The third-order valence-corrected chi connectivity index (χ3v) is 3.60. The molecule has 1 aromatic heterocycles. The molecule has 100 valence electrons. The molecule has 1 fully saturated rings. The standard InChI is InChI=1S/C15H20N4/c1-18-11-15(9-16-18)17-14-7-8-19(12-14)10-13-5-3-2-4-6-13/h2-6,9,11,14,17H,7-8,10,12H2,1H3. The fourth-order valence-corrected chi connectivity index (χ4v) is 2.67. The Morgan fingerprint density at radius 3 is 2.89 bits per heavy atom. The highest BCUT2D eigenvalue weighted by molar-refractivity contribution is 5.39. The normalized spacial score (nSPS) is 19.7. The van der Waals surface area contributed by atoms with Gasteiger partial charge in [0.15, 0.2) is 0 Å². The predicted octanol–water partition coefficient (Wildman–Crippen LogP) is 2.11. The summed E-state index contributed by atoms with van der Waals surface area (Å²) in [6, 6.07) is 11.2. The number of nitrogens with one attached hydrogen (secondary N) is 1. The van der Waals surface area contributed by atoms with Crippen molar-refractivity contribution in [1.82, 2.24) is 14.7 Å². The van der Waals surface area contributed by atoms with Gasteiger partial charge in [-0.2, -0.15) is 5.10 Å². The number of hydrogen-bond acceptors (Lipinski definition) is 3. The second-order valence-corrected chi connectivity index (χ2v) is 5.25. The molecule has 1 N–H and O–H groups in total. The molecule has 1 aromatic carbocycles. The van der Waals surface area contributed by atoms with Crippen LogP contribution in [-0.2, 0) is 13.6 Å². The Hall–Kier alpha value is -1.81. The second kappa shape index (κ2) is 5.45. The van der Waals surface area contributed by atoms with Crippen LogP contribution in [-0.4, -0.2) is 33.8 Å². The van der Waals surface area contributed by atoms with E-state index < -0.39 is 0 Å². The first-order valence-corrected chi connectivity index (χ1v) is 6.81. The minimum Gasteiger partial charge on any atom is -0.378 e. The van der Waals surface area contributed by atoms with Crippen molar-refractivity contribution in [1.29, 1.82) is 0 Å². The first-order chi connectivity index (χ1) is 9.29. The molecule has 0 spiro atoms. The second-order valence-electron chi connectivity index (χ2n) is 5.25. The minimum absolute atomic E-state index is 0.535. The summed E-state index contributed by atoms with van der Waals surface area (Å²) in [4.78, 5) is 2.50. The van der Waals surface area contributed by atoms with Crippen LogP contribution in [0.25, 0.3) is 0 Å². The van der Waals surface area contributed by atoms with Crippen molar-refractivity contribution in [3.8, 4) is 0 Å². The molecular formula is C15H20N4. The molecule has 2 heterocycles. The zero-order valence-corrected chi connectivity index (χ0v) is 11.3. The molecule has 4 nitrogen and oxygen atoms in total. The quantitative estimate of drug-likeness (QED) is 0.909. The summed E-state index contributed by atoms with van der Waals surface area (Å²) in [6.07, 6.45) is 5.11. The van der Waals surface area contributed by atoms with E-state index in [1.54, 1.807) is 0 Å². The Balaban J connectivity index is 1.53. The Morgan fingerprint density at radius 2 is 2.16 bits per heavy atom. The van der Waals surface area contributed by atoms with E-state index in [9.17, 15) is 0 Å². The van der Waals surface area contributed by atoms with Gasteiger partial charge in [0.05, 0.1) is 11.9 Å². The highest BCUT2D eigenvalue weighted by Gasteiger charge is 2.22. The van der Waals surface area contributed by atoms with E-state index in [2.05, 4.69) is 45.6 Å². The third-order valence-electron chi connectivity index (χ3n) is 3.60. The number of aromatic nitrogens is 2. The lowest BCUT2D eigenvalue weighted by Gasteiger charge is -2.16. The first kappa shape index (κ1) is 12.2. The summed E-state index contributed by atoms with van der Waals surface area (Å²) >= 11 is 0. The molecule has 0 bridgehead atoms. The maximum absolute atomic E-state index is 4.19. The van der Waals surface area contributed by atoms with Crippen molar-refractivity contribution < 1.29 is 0 Å². The molecule has 0 amide bonds. The van der Waals surface area contributed by atoms with Gasteiger partial charge in [-0.3, -0.25) is 9.58 Å². The van der Waals surface area contributed by atoms with Crippen LogP contribution < -0.4 is 5.32 Å². The van der Waals surface area contributed by atoms with Gasteiger partial charge < -0.3 is 5.32 Å². The predicted molar refractivity (Wildman–Crippen MR) is 77.0 cm³/mol. The van der Waals surface area contributed by atoms with Gasteiger partial charge in [-0.1, -0.05) is 30.3 Å². The van der Waals surface area contributed by atoms with E-state index in [1.165, 1.54) is 12.0 Å². The molecule has 1 saturated heterocycles. The van der Waals surface area contributed by atoms with Gasteiger partial charge in [0, 0.05) is 38.9 Å². The third kappa shape index (κ3) is 3.15. The molecule has 2 aromatic rings. The van der Waals surface area contributed by atoms with Gasteiger partial charge >= 0.3 is 0 Å². The van der Waals surface area contributed by atoms with Gasteiger partial charge in [0.25, 0.3) is 0 Å². The summed E-state index contributed by atoms with van der Waals surface area (Å²) in [5, 5.41) is 7.74. The van der Waals surface area contributed by atoms with Crippen LogP contribution in [0, 0.1) is 0 Å². The first-order valence-electron chi connectivity index (χ1n) is 6.81. The topological polar surface area (TPSA) is 33.1 Å². The van der Waals surface area contributed by atoms with Crippen molar-refractivity contribution in [3.63, 3.8) is 0 Å². The van der Waals surface area contributed by atoms with Gasteiger partial charge in [0.2, 0.25) is 0 Å². The minimum atomic E-state index is 0.535. The van der Waals surface area contributed by atoms with Crippen molar-refractivity contribution in [2.75, 3.05) is 18.4 Å². The van der Waals surface area contributed by atoms with Crippen LogP contribution in [0.5, 0.6) is 0 Å². The lowest BCUT2D eigenvalue weighted by molar-refractivity contribution is 0.328. The molecule has 3 rings (SSSR count). The zero-order chi connectivity index (χ0) is 13.1. The molecule has 1 atom stereocenters. The van der Waals surface area contributed by atoms with E-state index in [0.29, 0.717) is 6.04 Å². The lowest BCUT2D eigenvalue weighted by atomic mass is 10.2. The van der Waals surface area contributed by atoms with Crippen molar-refractivity contribution in [2.24, 2.45) is 7.05 Å². The number of benzene rings is 1. The molecule has 0 saturated carbocycles. The number of anilines is 1. The number of aryl methyl sites for hydroxylation is 1. The molecule has 1 aliphatic heterocycles. The Bertz CT molecular complexity index is 520. The van der Waals surface area contributed by atoms with Crippen LogP contribution in [0.1, 0.15) is 12.0 Å². The number of nitrogens with zero attached hydrogens (tertiary/aromatic N) is 3. The van der Waals surface area contributed by atoms with Crippen molar-refractivity contribution in [2.45, 2.75) is 19.0 Å². The van der Waals surface area contributed by atoms with E-state index in [0.717, 1.165) is 25.3 Å². The Labute approximate surface area is 114 Å². The number of likely N-dealkylation sites (tertiary alicyclic amines) is 1. The summed E-state index contributed by atoms with van der Waals surface area (Å²) in [5.74, 6) is 0. The van der Waals surface area contributed by atoms with Crippen LogP contribution in [0.15, 0.2) is 42.7 Å². The van der Waals surface area contributed by atoms with Gasteiger partial charge in [-0.25, -0.2) is 0 Å². The van der Waals surface area contributed by atoms with Crippen LogP contribution >= 0.6 is 0 Å². The summed E-state index contributed by atoms with van der Waals surface area (Å²) in [5.41, 5.74) is 2.51. The monoisotopic (exact) mass is 256 g/mol. The van der Waals surface area contributed by atoms with Crippen molar-refractivity contribution in [3.05, 3.63) is 48.3 Å². The summed E-state index contributed by atoms with van der Waals surface area (Å²) in [7, 11) is 1.95. The number of hydrogen-bond donors (Lipinski definition) is 1. The SMILES string of the molecule is Cn1cc(NC2CCN(Cc3ccccc3)C2)cn1. The highest BCUT2D eigenvalue weighted by atomic mass is 15.3. The zero-order valence-electron chi connectivity index (χ0n) is 11.3. The maximum Gasteiger partial charge on any atom is 0.0728 e. The van der Waals surface area contributed by atoms with E-state index >= 15 is 0 Å². The Kier molecular flexibility index (Phi) is 3.51. The summed E-state index contributed by atoms with van der Waals surface area (Å²) in [6.45, 7) is 3.31. The molecule has 0 aliphatic carbocycles. The molecule has 1 unspecified atom stereocenters. The average molecular weight is 256 g/mol. The van der Waals surface area contributed by atoms with Gasteiger partial charge in [-0.15, -0.1) is 0 Å². The van der Waals surface area contributed by atoms with E-state index in [1.807, 2.05) is 24.1 Å². The van der Waals surface area contributed by atoms with Crippen LogP contribution in [0.3, 0.4) is 0 Å². The van der Waals surface area contributed by atoms with Crippen molar-refractivity contribution >= 4 is 5.69 Å². The molecule has 0 radical (unpaired) electrons. The molecule has 19 heavy (non-hydrogen) atoms. The van der Waals surface area contributed by atoms with E-state index in [-0.39, 0.29) is 0 Å². The largest absolute Gasteiger partial charge is 0.378 e. The fraction of sp³-hybridized carbons (Fsp3) is 0.400. The maximum atomic E-state index is 4.19. The van der Waals surface area contributed by atoms with Crippen LogP contribution in [0.2, 0.25) is 0 Å². The van der Waals surface area contributed by atoms with E-state index in [4.69, 9.17) is 0 Å². The van der Waals surface area contributed by atoms with Gasteiger partial charge in [-0.05, 0) is 12.0 Å². The Morgan fingerprint density at radius 1 is 1.32 bits per heavy atom. The molecular weight excluding hydrogens is 236 g/mol. The average Bonchev–Trinajstić information content (AvgIpc) is 3.01. The number of rotatable bonds is 4. The van der Waals surface area contributed by atoms with Crippen LogP contribution in [0.4, 0.5) is 5.69 Å².